The van der Waals surface area contributed by atoms with Crippen LogP contribution in [0.5, 0.6) is 0 Å². The van der Waals surface area contributed by atoms with Crippen molar-refractivity contribution in [2.45, 2.75) is 39.3 Å². The maximum Gasteiger partial charge on any atom is 0.307 e. The predicted octanol–water partition coefficient (Wildman–Crippen LogP) is 4.99. The second-order valence-electron chi connectivity index (χ2n) is 8.17. The van der Waals surface area contributed by atoms with E-state index in [0.717, 1.165) is 22.8 Å². The zero-order valence-electron chi connectivity index (χ0n) is 19.1. The Morgan fingerprint density at radius 3 is 2.64 bits per heavy atom. The standard InChI is InChI=1S/C25H27ClN4O2S/c1-15-16(2)30(19-9-7-8-18(26)14-19)17(3)22(15)24-23(20-10-5-6-12-27-20)28-25(33)29(24)13-11-21(31)32-4/h5-10,12,14,23-24H,11,13H2,1-4H3,(H,28,33)/t23-,24-/m0/s1. The Morgan fingerprint density at radius 2 is 1.97 bits per heavy atom. The minimum atomic E-state index is -0.265. The quantitative estimate of drug-likeness (QED) is 0.394. The zero-order valence-corrected chi connectivity index (χ0v) is 20.7. The Hall–Kier alpha value is -2.90. The molecule has 0 unspecified atom stereocenters. The van der Waals surface area contributed by atoms with Crippen LogP contribution in [0.25, 0.3) is 5.69 Å². The summed E-state index contributed by atoms with van der Waals surface area (Å²) < 4.78 is 7.11. The summed E-state index contributed by atoms with van der Waals surface area (Å²) >= 11 is 12.0. The average molecular weight is 483 g/mol. The van der Waals surface area contributed by atoms with Crippen molar-refractivity contribution in [2.24, 2.45) is 0 Å². The van der Waals surface area contributed by atoms with Gasteiger partial charge in [0, 0.05) is 40.4 Å². The van der Waals surface area contributed by atoms with E-state index in [-0.39, 0.29) is 24.5 Å². The molecule has 0 amide bonds. The van der Waals surface area contributed by atoms with Crippen molar-refractivity contribution < 1.29 is 9.53 Å². The van der Waals surface area contributed by atoms with Gasteiger partial charge in [-0.25, -0.2) is 0 Å². The van der Waals surface area contributed by atoms with Crippen molar-refractivity contribution in [2.75, 3.05) is 13.7 Å². The number of carbonyl (C=O) groups excluding carboxylic acids is 1. The number of esters is 1. The molecular weight excluding hydrogens is 456 g/mol. The molecule has 3 heterocycles. The van der Waals surface area contributed by atoms with Gasteiger partial charge in [-0.1, -0.05) is 23.7 Å². The second-order valence-corrected chi connectivity index (χ2v) is 8.99. The molecule has 3 aromatic rings. The van der Waals surface area contributed by atoms with Crippen LogP contribution in [0.4, 0.5) is 0 Å². The third kappa shape index (κ3) is 4.35. The lowest BCUT2D eigenvalue weighted by atomic mass is 9.93. The summed E-state index contributed by atoms with van der Waals surface area (Å²) in [5.74, 6) is -0.265. The molecule has 0 aliphatic carbocycles. The summed E-state index contributed by atoms with van der Waals surface area (Å²) in [7, 11) is 1.40. The van der Waals surface area contributed by atoms with Gasteiger partial charge in [0.1, 0.15) is 0 Å². The number of aromatic nitrogens is 2. The molecule has 4 rings (SSSR count). The number of benzene rings is 1. The molecule has 2 atom stereocenters. The fourth-order valence-corrected chi connectivity index (χ4v) is 5.23. The van der Waals surface area contributed by atoms with Gasteiger partial charge >= 0.3 is 5.97 Å². The van der Waals surface area contributed by atoms with E-state index in [0.29, 0.717) is 16.7 Å². The predicted molar refractivity (Wildman–Crippen MR) is 134 cm³/mol. The maximum absolute atomic E-state index is 11.9. The van der Waals surface area contributed by atoms with Crippen LogP contribution >= 0.6 is 23.8 Å². The Bertz CT molecular complexity index is 1190. The largest absolute Gasteiger partial charge is 0.469 e. The summed E-state index contributed by atoms with van der Waals surface area (Å²) in [5, 5.41) is 4.75. The highest BCUT2D eigenvalue weighted by atomic mass is 35.5. The molecule has 1 aliphatic rings. The molecule has 1 aliphatic heterocycles. The molecule has 0 radical (unpaired) electrons. The summed E-state index contributed by atoms with van der Waals surface area (Å²) in [6.45, 7) is 6.81. The maximum atomic E-state index is 11.9. The molecule has 1 aromatic carbocycles. The van der Waals surface area contributed by atoms with Crippen LogP contribution < -0.4 is 5.32 Å². The molecule has 0 saturated carbocycles. The number of thiocarbonyl (C=S) groups is 1. The van der Waals surface area contributed by atoms with Gasteiger partial charge < -0.3 is 19.5 Å². The van der Waals surface area contributed by atoms with Crippen molar-refractivity contribution in [1.29, 1.82) is 0 Å². The summed E-state index contributed by atoms with van der Waals surface area (Å²) in [4.78, 5) is 18.6. The molecule has 1 saturated heterocycles. The second kappa shape index (κ2) is 9.53. The summed E-state index contributed by atoms with van der Waals surface area (Å²) in [5.41, 5.74) is 6.49. The van der Waals surface area contributed by atoms with E-state index in [9.17, 15) is 4.79 Å². The van der Waals surface area contributed by atoms with Gasteiger partial charge in [-0.2, -0.15) is 0 Å². The summed E-state index contributed by atoms with van der Waals surface area (Å²) in [6.07, 6.45) is 2.03. The first-order valence-corrected chi connectivity index (χ1v) is 11.6. The molecule has 0 spiro atoms. The lowest BCUT2D eigenvalue weighted by Gasteiger charge is -2.28. The van der Waals surface area contributed by atoms with E-state index in [2.05, 4.69) is 46.6 Å². The fraction of sp³-hybridized carbons (Fsp3) is 0.320. The average Bonchev–Trinajstić information content (AvgIpc) is 3.24. The van der Waals surface area contributed by atoms with Crippen LogP contribution in [0.3, 0.4) is 0 Å². The van der Waals surface area contributed by atoms with Crippen molar-refractivity contribution in [3.05, 3.63) is 81.9 Å². The highest BCUT2D eigenvalue weighted by Gasteiger charge is 2.42. The van der Waals surface area contributed by atoms with Crippen LogP contribution in [0.1, 0.15) is 46.7 Å². The van der Waals surface area contributed by atoms with Gasteiger partial charge in [0.2, 0.25) is 0 Å². The molecule has 33 heavy (non-hydrogen) atoms. The minimum absolute atomic E-state index is 0.129. The highest BCUT2D eigenvalue weighted by Crippen LogP contribution is 2.43. The SMILES string of the molecule is COC(=O)CCN1C(=S)N[C@@H](c2ccccn2)[C@@H]1c1c(C)c(C)n(-c2cccc(Cl)c2)c1C. The number of carbonyl (C=O) groups is 1. The Balaban J connectivity index is 1.85. The van der Waals surface area contributed by atoms with Crippen molar-refractivity contribution in [3.63, 3.8) is 0 Å². The topological polar surface area (TPSA) is 59.4 Å². The third-order valence-corrected chi connectivity index (χ3v) is 6.94. The molecule has 1 N–H and O–H groups in total. The molecule has 0 bridgehead atoms. The first-order valence-electron chi connectivity index (χ1n) is 10.8. The van der Waals surface area contributed by atoms with Crippen LogP contribution in [0.15, 0.2) is 48.7 Å². The van der Waals surface area contributed by atoms with Gasteiger partial charge in [0.25, 0.3) is 0 Å². The molecular formula is C25H27ClN4O2S. The minimum Gasteiger partial charge on any atom is -0.469 e. The molecule has 172 valence electrons. The van der Waals surface area contributed by atoms with Gasteiger partial charge in [0.15, 0.2) is 5.11 Å². The smallest absolute Gasteiger partial charge is 0.307 e. The van der Waals surface area contributed by atoms with Gasteiger partial charge in [0.05, 0.1) is 31.3 Å². The Labute approximate surface area is 204 Å². The van der Waals surface area contributed by atoms with E-state index in [1.807, 2.05) is 36.4 Å². The molecule has 2 aromatic heterocycles. The molecule has 8 heteroatoms. The number of methoxy groups -OCH3 is 1. The fourth-order valence-electron chi connectivity index (χ4n) is 4.72. The Morgan fingerprint density at radius 1 is 1.18 bits per heavy atom. The van der Waals surface area contributed by atoms with E-state index < -0.39 is 0 Å². The molecule has 1 fully saturated rings. The lowest BCUT2D eigenvalue weighted by molar-refractivity contribution is -0.140. The third-order valence-electron chi connectivity index (χ3n) is 6.35. The monoisotopic (exact) mass is 482 g/mol. The number of nitrogens with zero attached hydrogens (tertiary/aromatic N) is 3. The number of rotatable bonds is 6. The number of hydrogen-bond acceptors (Lipinski definition) is 4. The first-order chi connectivity index (χ1) is 15.8. The highest BCUT2D eigenvalue weighted by molar-refractivity contribution is 7.80. The van der Waals surface area contributed by atoms with Crippen molar-refractivity contribution >= 4 is 34.9 Å². The van der Waals surface area contributed by atoms with Crippen LogP contribution in [-0.4, -0.2) is 39.2 Å². The van der Waals surface area contributed by atoms with E-state index in [1.165, 1.54) is 18.2 Å². The number of ether oxygens (including phenoxy) is 1. The molecule has 6 nitrogen and oxygen atoms in total. The number of hydrogen-bond donors (Lipinski definition) is 1. The van der Waals surface area contributed by atoms with Crippen LogP contribution in [0.2, 0.25) is 5.02 Å². The Kier molecular flexibility index (Phi) is 6.72. The van der Waals surface area contributed by atoms with Crippen LogP contribution in [0, 0.1) is 20.8 Å². The zero-order chi connectivity index (χ0) is 23.7. The van der Waals surface area contributed by atoms with Crippen molar-refractivity contribution in [1.82, 2.24) is 19.8 Å². The number of halogens is 1. The number of pyridine rings is 1. The number of nitrogens with one attached hydrogen (secondary N) is 1. The van der Waals surface area contributed by atoms with Gasteiger partial charge in [-0.15, -0.1) is 0 Å². The van der Waals surface area contributed by atoms with E-state index >= 15 is 0 Å². The first kappa shape index (κ1) is 23.3. The lowest BCUT2D eigenvalue weighted by Crippen LogP contribution is -2.32. The summed E-state index contributed by atoms with van der Waals surface area (Å²) in [6, 6.07) is 13.4. The van der Waals surface area contributed by atoms with E-state index in [4.69, 9.17) is 28.6 Å². The van der Waals surface area contributed by atoms with Gasteiger partial charge in [-0.05, 0) is 68.9 Å². The van der Waals surface area contributed by atoms with Crippen LogP contribution in [-0.2, 0) is 9.53 Å². The van der Waals surface area contributed by atoms with E-state index in [1.54, 1.807) is 6.20 Å². The van der Waals surface area contributed by atoms with Crippen molar-refractivity contribution in [3.8, 4) is 5.69 Å². The van der Waals surface area contributed by atoms with Gasteiger partial charge in [-0.3, -0.25) is 9.78 Å². The normalized spacial score (nSPS) is 17.8.